The second-order valence-corrected chi connectivity index (χ2v) is 10.8. The van der Waals surface area contributed by atoms with Gasteiger partial charge in [-0.2, -0.15) is 0 Å². The van der Waals surface area contributed by atoms with E-state index >= 15 is 0 Å². The van der Waals surface area contributed by atoms with E-state index in [0.717, 1.165) is 17.8 Å². The normalized spacial score (nSPS) is 36.9. The van der Waals surface area contributed by atoms with E-state index in [-0.39, 0.29) is 0 Å². The third-order valence-corrected chi connectivity index (χ3v) is 9.02. The molecule has 0 saturated heterocycles. The van der Waals surface area contributed by atoms with Crippen LogP contribution in [0.5, 0.6) is 0 Å². The summed E-state index contributed by atoms with van der Waals surface area (Å²) >= 11 is 0. The molecule has 0 spiro atoms. The van der Waals surface area contributed by atoms with Crippen LogP contribution in [0.4, 0.5) is 0 Å². The molecular formula is C29H46. The maximum Gasteiger partial charge on any atom is 0.0136 e. The summed E-state index contributed by atoms with van der Waals surface area (Å²) in [4.78, 5) is 0. The lowest BCUT2D eigenvalue weighted by molar-refractivity contribution is 0.170. The number of hydrogen-bond donors (Lipinski definition) is 0. The number of fused-ring (bicyclic) bond motifs is 5. The number of rotatable bonds is 4. The van der Waals surface area contributed by atoms with Crippen LogP contribution >= 0.6 is 0 Å². The molecule has 0 heterocycles. The van der Waals surface area contributed by atoms with Crippen LogP contribution in [0.25, 0.3) is 0 Å². The molecule has 29 heavy (non-hydrogen) atoms. The van der Waals surface area contributed by atoms with Gasteiger partial charge in [-0.3, -0.25) is 0 Å². The van der Waals surface area contributed by atoms with Gasteiger partial charge < -0.3 is 0 Å². The standard InChI is InChI=1S/C27H40.C2H6/c1-19(2)20(3)9-8-11-22-13-15-24-23-14-12-21-10-6-7-17-26(21,4)25(23)16-18-27(22,24)5;1-2/h8-9,12,14,16,19-20,22,24H,6-7,10-11,13,15,17-18H2,1-5H3;1-2H3/b9-8+;. The highest BCUT2D eigenvalue weighted by Gasteiger charge is 2.52. The van der Waals surface area contributed by atoms with Crippen LogP contribution in [0.1, 0.15) is 99.8 Å². The zero-order chi connectivity index (χ0) is 21.2. The average molecular weight is 395 g/mol. The zero-order valence-corrected chi connectivity index (χ0v) is 20.4. The molecule has 4 rings (SSSR count). The van der Waals surface area contributed by atoms with Gasteiger partial charge in [0.25, 0.3) is 0 Å². The molecule has 0 aromatic rings. The highest BCUT2D eigenvalue weighted by Crippen LogP contribution is 2.63. The van der Waals surface area contributed by atoms with Crippen LogP contribution in [-0.2, 0) is 0 Å². The summed E-state index contributed by atoms with van der Waals surface area (Å²) in [5.41, 5.74) is 5.99. The van der Waals surface area contributed by atoms with Crippen molar-refractivity contribution in [3.05, 3.63) is 47.1 Å². The molecule has 0 aromatic carbocycles. The van der Waals surface area contributed by atoms with E-state index < -0.39 is 0 Å². The monoisotopic (exact) mass is 394 g/mol. The Morgan fingerprint density at radius 1 is 1.07 bits per heavy atom. The maximum atomic E-state index is 2.68. The summed E-state index contributed by atoms with van der Waals surface area (Å²) in [6.45, 7) is 16.2. The SMILES string of the molecule is CC.CC(C)C(C)/C=C/CC1CCC2C3=CC=C4CCCCC4(C)C3=CCC12C. The minimum atomic E-state index is 0.356. The largest absolute Gasteiger partial charge is 0.0880 e. The lowest BCUT2D eigenvalue weighted by Crippen LogP contribution is -2.38. The lowest BCUT2D eigenvalue weighted by atomic mass is 9.55. The first-order chi connectivity index (χ1) is 13.9. The van der Waals surface area contributed by atoms with Gasteiger partial charge in [0, 0.05) is 5.41 Å². The molecule has 4 aliphatic rings. The summed E-state index contributed by atoms with van der Waals surface area (Å²) in [5, 5.41) is 0. The predicted octanol–water partition coefficient (Wildman–Crippen LogP) is 9.06. The Kier molecular flexibility index (Phi) is 7.02. The van der Waals surface area contributed by atoms with E-state index in [1.807, 2.05) is 13.8 Å². The third kappa shape index (κ3) is 3.98. The summed E-state index contributed by atoms with van der Waals surface area (Å²) in [6.07, 6.45) is 23.6. The van der Waals surface area contributed by atoms with Gasteiger partial charge in [-0.15, -0.1) is 0 Å². The molecule has 2 saturated carbocycles. The molecule has 0 aromatic heterocycles. The zero-order valence-electron chi connectivity index (χ0n) is 20.4. The van der Waals surface area contributed by atoms with E-state index in [9.17, 15) is 0 Å². The van der Waals surface area contributed by atoms with Crippen molar-refractivity contribution in [3.63, 3.8) is 0 Å². The fraction of sp³-hybridized carbons (Fsp3) is 0.724. The van der Waals surface area contributed by atoms with E-state index in [1.54, 1.807) is 16.7 Å². The van der Waals surface area contributed by atoms with Gasteiger partial charge in [-0.05, 0) is 85.2 Å². The second kappa shape index (κ2) is 8.99. The Morgan fingerprint density at radius 3 is 2.55 bits per heavy atom. The van der Waals surface area contributed by atoms with Crippen molar-refractivity contribution in [2.24, 2.45) is 34.5 Å². The molecule has 0 N–H and O–H groups in total. The molecule has 0 heteroatoms. The number of hydrogen-bond acceptors (Lipinski definition) is 0. The summed E-state index contributed by atoms with van der Waals surface area (Å²) in [5.74, 6) is 3.08. The fourth-order valence-corrected chi connectivity index (χ4v) is 6.57. The van der Waals surface area contributed by atoms with Crippen molar-refractivity contribution in [1.29, 1.82) is 0 Å². The van der Waals surface area contributed by atoms with Gasteiger partial charge >= 0.3 is 0 Å². The smallest absolute Gasteiger partial charge is 0.0136 e. The summed E-state index contributed by atoms with van der Waals surface area (Å²) in [7, 11) is 0. The van der Waals surface area contributed by atoms with Crippen LogP contribution in [0.3, 0.4) is 0 Å². The highest BCUT2D eigenvalue weighted by molar-refractivity contribution is 5.53. The van der Waals surface area contributed by atoms with Gasteiger partial charge in [-0.1, -0.05) is 90.8 Å². The average Bonchev–Trinajstić information content (AvgIpc) is 3.05. The van der Waals surface area contributed by atoms with Crippen molar-refractivity contribution in [2.45, 2.75) is 99.8 Å². The van der Waals surface area contributed by atoms with Gasteiger partial charge in [0.05, 0.1) is 0 Å². The maximum absolute atomic E-state index is 2.68. The molecule has 4 aliphatic carbocycles. The Hall–Kier alpha value is -1.04. The fourth-order valence-electron chi connectivity index (χ4n) is 6.57. The van der Waals surface area contributed by atoms with Crippen molar-refractivity contribution < 1.29 is 0 Å². The molecule has 5 atom stereocenters. The van der Waals surface area contributed by atoms with E-state index in [0.29, 0.717) is 16.7 Å². The van der Waals surface area contributed by atoms with E-state index in [4.69, 9.17) is 0 Å². The summed E-state index contributed by atoms with van der Waals surface area (Å²) < 4.78 is 0. The van der Waals surface area contributed by atoms with E-state index in [2.05, 4.69) is 65.0 Å². The first-order valence-electron chi connectivity index (χ1n) is 12.6. The van der Waals surface area contributed by atoms with Crippen LogP contribution in [-0.4, -0.2) is 0 Å². The summed E-state index contributed by atoms with van der Waals surface area (Å²) in [6, 6.07) is 0. The molecule has 5 unspecified atom stereocenters. The Morgan fingerprint density at radius 2 is 1.83 bits per heavy atom. The number of allylic oxidation sites excluding steroid dienone is 8. The lowest BCUT2D eigenvalue weighted by Gasteiger charge is -2.49. The second-order valence-electron chi connectivity index (χ2n) is 10.8. The molecule has 0 amide bonds. The molecule has 0 radical (unpaired) electrons. The minimum absolute atomic E-state index is 0.356. The molecule has 0 bridgehead atoms. The van der Waals surface area contributed by atoms with Crippen LogP contribution in [0, 0.1) is 34.5 Å². The van der Waals surface area contributed by atoms with Crippen molar-refractivity contribution in [1.82, 2.24) is 0 Å². The van der Waals surface area contributed by atoms with Crippen LogP contribution in [0.2, 0.25) is 0 Å². The molecule has 0 nitrogen and oxygen atoms in total. The molecule has 162 valence electrons. The van der Waals surface area contributed by atoms with E-state index in [1.165, 1.54) is 51.4 Å². The molecule has 0 aliphatic heterocycles. The van der Waals surface area contributed by atoms with Gasteiger partial charge in [0.2, 0.25) is 0 Å². The topological polar surface area (TPSA) is 0 Å². The predicted molar refractivity (Wildman–Crippen MR) is 129 cm³/mol. The van der Waals surface area contributed by atoms with Gasteiger partial charge in [0.1, 0.15) is 0 Å². The molecular weight excluding hydrogens is 348 g/mol. The van der Waals surface area contributed by atoms with Crippen molar-refractivity contribution in [3.8, 4) is 0 Å². The Bertz CT molecular complexity index is 700. The van der Waals surface area contributed by atoms with Crippen molar-refractivity contribution >= 4 is 0 Å². The van der Waals surface area contributed by atoms with Crippen LogP contribution in [0.15, 0.2) is 47.1 Å². The van der Waals surface area contributed by atoms with Gasteiger partial charge in [0.15, 0.2) is 0 Å². The van der Waals surface area contributed by atoms with Crippen LogP contribution < -0.4 is 0 Å². The Balaban J connectivity index is 0.00000117. The molecule has 2 fully saturated rings. The highest BCUT2D eigenvalue weighted by atomic mass is 14.6. The minimum Gasteiger partial charge on any atom is -0.0880 e. The third-order valence-electron chi connectivity index (χ3n) is 9.02. The quantitative estimate of drug-likeness (QED) is 0.417. The Labute approximate surface area is 181 Å². The van der Waals surface area contributed by atoms with Crippen molar-refractivity contribution in [2.75, 3.05) is 0 Å². The first kappa shape index (κ1) is 22.6. The van der Waals surface area contributed by atoms with Gasteiger partial charge in [-0.25, -0.2) is 0 Å². The first-order valence-corrected chi connectivity index (χ1v) is 12.6.